The van der Waals surface area contributed by atoms with Gasteiger partial charge in [0, 0.05) is 11.5 Å². The van der Waals surface area contributed by atoms with Gasteiger partial charge in [0.2, 0.25) is 0 Å². The average molecular weight is 365 g/mol. The Bertz CT molecular complexity index is 652. The first kappa shape index (κ1) is 20.0. The number of hydrogen-bond donors (Lipinski definition) is 0. The molecule has 0 bridgehead atoms. The summed E-state index contributed by atoms with van der Waals surface area (Å²) < 4.78 is 0. The third-order valence-corrected chi connectivity index (χ3v) is 6.23. The lowest BCUT2D eigenvalue weighted by Crippen LogP contribution is -2.14. The molecule has 1 fully saturated rings. The molecule has 0 atom stereocenters. The van der Waals surface area contributed by atoms with Gasteiger partial charge < -0.3 is 0 Å². The summed E-state index contributed by atoms with van der Waals surface area (Å²) in [5.74, 6) is 1.56. The lowest BCUT2D eigenvalue weighted by molar-refractivity contribution is 0.301. The number of unbranched alkanes of at least 4 members (excludes halogenated alkanes) is 3. The van der Waals surface area contributed by atoms with E-state index in [4.69, 9.17) is 0 Å². The summed E-state index contributed by atoms with van der Waals surface area (Å²) in [5, 5.41) is 9.15. The van der Waals surface area contributed by atoms with Crippen LogP contribution in [0.1, 0.15) is 95.2 Å². The smallest absolute Gasteiger partial charge is 0.0929 e. The number of aromatic nitrogens is 2. The Kier molecular flexibility index (Phi) is 7.86. The molecule has 0 saturated heterocycles. The molecule has 146 valence electrons. The van der Waals surface area contributed by atoms with E-state index in [2.05, 4.69) is 60.4 Å². The molecule has 2 heteroatoms. The van der Waals surface area contributed by atoms with Crippen LogP contribution in [-0.4, -0.2) is 10.2 Å². The Morgan fingerprint density at radius 3 is 2.15 bits per heavy atom. The SMILES string of the molecule is CCCCCc1ccc(-c2ccc([C@H]3CC[C@H](CCCC)CC3)nn2)cc1. The monoisotopic (exact) mass is 364 g/mol. The van der Waals surface area contributed by atoms with E-state index in [9.17, 15) is 0 Å². The highest BCUT2D eigenvalue weighted by Gasteiger charge is 2.23. The quantitative estimate of drug-likeness (QED) is 0.435. The fourth-order valence-corrected chi connectivity index (χ4v) is 4.38. The Morgan fingerprint density at radius 1 is 0.778 bits per heavy atom. The number of rotatable bonds is 9. The van der Waals surface area contributed by atoms with E-state index in [0.717, 1.165) is 11.6 Å². The van der Waals surface area contributed by atoms with E-state index >= 15 is 0 Å². The van der Waals surface area contributed by atoms with Crippen molar-refractivity contribution in [3.63, 3.8) is 0 Å². The highest BCUT2D eigenvalue weighted by Crippen LogP contribution is 2.37. The van der Waals surface area contributed by atoms with Crippen LogP contribution < -0.4 is 0 Å². The molecule has 1 aliphatic carbocycles. The van der Waals surface area contributed by atoms with Gasteiger partial charge in [-0.15, -0.1) is 0 Å². The van der Waals surface area contributed by atoms with Gasteiger partial charge in [0.15, 0.2) is 0 Å². The maximum Gasteiger partial charge on any atom is 0.0929 e. The number of aryl methyl sites for hydroxylation is 1. The van der Waals surface area contributed by atoms with Crippen LogP contribution in [0.3, 0.4) is 0 Å². The van der Waals surface area contributed by atoms with Crippen LogP contribution in [0, 0.1) is 5.92 Å². The summed E-state index contributed by atoms with van der Waals surface area (Å²) in [5.41, 5.74) is 4.80. The van der Waals surface area contributed by atoms with Gasteiger partial charge in [-0.1, -0.05) is 70.2 Å². The summed E-state index contributed by atoms with van der Waals surface area (Å²) >= 11 is 0. The first-order valence-electron chi connectivity index (χ1n) is 11.2. The summed E-state index contributed by atoms with van der Waals surface area (Å²) in [7, 11) is 0. The Labute approximate surface area is 165 Å². The van der Waals surface area contributed by atoms with Gasteiger partial charge in [-0.2, -0.15) is 10.2 Å². The normalized spacial score (nSPS) is 19.9. The van der Waals surface area contributed by atoms with E-state index in [-0.39, 0.29) is 0 Å². The molecule has 27 heavy (non-hydrogen) atoms. The Hall–Kier alpha value is -1.70. The third-order valence-electron chi connectivity index (χ3n) is 6.23. The maximum atomic E-state index is 4.60. The van der Waals surface area contributed by atoms with Crippen molar-refractivity contribution in [2.45, 2.75) is 90.4 Å². The molecule has 1 aromatic heterocycles. The zero-order valence-corrected chi connectivity index (χ0v) is 17.3. The summed E-state index contributed by atoms with van der Waals surface area (Å²) in [6.07, 6.45) is 14.5. The van der Waals surface area contributed by atoms with Crippen LogP contribution in [0.15, 0.2) is 36.4 Å². The Morgan fingerprint density at radius 2 is 1.52 bits per heavy atom. The van der Waals surface area contributed by atoms with Crippen molar-refractivity contribution in [3.05, 3.63) is 47.7 Å². The lowest BCUT2D eigenvalue weighted by Gasteiger charge is -2.27. The van der Waals surface area contributed by atoms with Crippen molar-refractivity contribution < 1.29 is 0 Å². The largest absolute Gasteiger partial charge is 0.155 e. The second-order valence-electron chi connectivity index (χ2n) is 8.36. The predicted molar refractivity (Wildman–Crippen MR) is 115 cm³/mol. The summed E-state index contributed by atoms with van der Waals surface area (Å²) in [4.78, 5) is 0. The molecular formula is C25H36N2. The molecule has 0 N–H and O–H groups in total. The van der Waals surface area contributed by atoms with Crippen molar-refractivity contribution in [2.24, 2.45) is 5.92 Å². The standard InChI is InChI=1S/C25H36N2/c1-3-5-7-9-21-12-16-23(17-13-21)25-19-18-24(26-27-25)22-14-10-20(11-15-22)8-6-4-2/h12-13,16-20,22H,3-11,14-15H2,1-2H3/t20-,22-. The minimum atomic E-state index is 0.616. The molecule has 1 saturated carbocycles. The van der Waals surface area contributed by atoms with E-state index < -0.39 is 0 Å². The molecule has 0 amide bonds. The number of benzene rings is 1. The minimum Gasteiger partial charge on any atom is -0.155 e. The highest BCUT2D eigenvalue weighted by molar-refractivity contribution is 5.58. The molecule has 0 spiro atoms. The summed E-state index contributed by atoms with van der Waals surface area (Å²) in [6.45, 7) is 4.55. The molecule has 2 aromatic rings. The van der Waals surface area contributed by atoms with Crippen molar-refractivity contribution in [1.29, 1.82) is 0 Å². The van der Waals surface area contributed by atoms with E-state index in [1.807, 2.05) is 0 Å². The van der Waals surface area contributed by atoms with Crippen LogP contribution in [-0.2, 0) is 6.42 Å². The molecular weight excluding hydrogens is 328 g/mol. The average Bonchev–Trinajstić information content (AvgIpc) is 2.73. The van der Waals surface area contributed by atoms with Gasteiger partial charge >= 0.3 is 0 Å². The number of nitrogens with zero attached hydrogens (tertiary/aromatic N) is 2. The lowest BCUT2D eigenvalue weighted by atomic mass is 9.78. The van der Waals surface area contributed by atoms with Crippen molar-refractivity contribution in [1.82, 2.24) is 10.2 Å². The molecule has 1 aliphatic rings. The van der Waals surface area contributed by atoms with E-state index in [1.54, 1.807) is 0 Å². The second-order valence-corrected chi connectivity index (χ2v) is 8.36. The second kappa shape index (κ2) is 10.6. The zero-order chi connectivity index (χ0) is 18.9. The van der Waals surface area contributed by atoms with Crippen LogP contribution in [0.2, 0.25) is 0 Å². The van der Waals surface area contributed by atoms with Crippen LogP contribution in [0.25, 0.3) is 11.3 Å². The van der Waals surface area contributed by atoms with Crippen molar-refractivity contribution in [3.8, 4) is 11.3 Å². The fraction of sp³-hybridized carbons (Fsp3) is 0.600. The molecule has 0 radical (unpaired) electrons. The first-order valence-corrected chi connectivity index (χ1v) is 11.2. The highest BCUT2D eigenvalue weighted by atomic mass is 15.1. The van der Waals surface area contributed by atoms with Crippen LogP contribution >= 0.6 is 0 Å². The Balaban J connectivity index is 1.54. The third kappa shape index (κ3) is 5.89. The molecule has 2 nitrogen and oxygen atoms in total. The van der Waals surface area contributed by atoms with Gasteiger partial charge in [0.1, 0.15) is 0 Å². The minimum absolute atomic E-state index is 0.616. The number of hydrogen-bond acceptors (Lipinski definition) is 2. The van der Waals surface area contributed by atoms with Crippen molar-refractivity contribution >= 4 is 0 Å². The van der Waals surface area contributed by atoms with Crippen molar-refractivity contribution in [2.75, 3.05) is 0 Å². The first-order chi connectivity index (χ1) is 13.3. The molecule has 0 aliphatic heterocycles. The van der Waals surface area contributed by atoms with Crippen LogP contribution in [0.4, 0.5) is 0 Å². The molecule has 3 rings (SSSR count). The van der Waals surface area contributed by atoms with Gasteiger partial charge in [0.05, 0.1) is 11.4 Å². The molecule has 0 unspecified atom stereocenters. The topological polar surface area (TPSA) is 25.8 Å². The van der Waals surface area contributed by atoms with E-state index in [1.165, 1.54) is 87.4 Å². The predicted octanol–water partition coefficient (Wildman–Crippen LogP) is 7.34. The fourth-order valence-electron chi connectivity index (χ4n) is 4.38. The molecule has 1 aromatic carbocycles. The maximum absolute atomic E-state index is 4.60. The van der Waals surface area contributed by atoms with Gasteiger partial charge in [-0.05, 0) is 62.1 Å². The van der Waals surface area contributed by atoms with Gasteiger partial charge in [-0.3, -0.25) is 0 Å². The van der Waals surface area contributed by atoms with Crippen LogP contribution in [0.5, 0.6) is 0 Å². The zero-order valence-electron chi connectivity index (χ0n) is 17.3. The van der Waals surface area contributed by atoms with Gasteiger partial charge in [0.25, 0.3) is 0 Å². The van der Waals surface area contributed by atoms with Gasteiger partial charge in [-0.25, -0.2) is 0 Å². The van der Waals surface area contributed by atoms with E-state index in [0.29, 0.717) is 5.92 Å². The molecule has 1 heterocycles. The summed E-state index contributed by atoms with van der Waals surface area (Å²) in [6, 6.07) is 13.3.